The lowest BCUT2D eigenvalue weighted by Gasteiger charge is -2.08. The first-order valence-corrected chi connectivity index (χ1v) is 7.65. The van der Waals surface area contributed by atoms with Gasteiger partial charge in [0.15, 0.2) is 0 Å². The lowest BCUT2D eigenvalue weighted by molar-refractivity contribution is -0.113. The van der Waals surface area contributed by atoms with Crippen LogP contribution < -0.4 is 11.1 Å². The highest BCUT2D eigenvalue weighted by Crippen LogP contribution is 2.25. The van der Waals surface area contributed by atoms with Gasteiger partial charge in [0.05, 0.1) is 20.7 Å². The lowest BCUT2D eigenvalue weighted by Crippen LogP contribution is -2.20. The normalized spacial score (nSPS) is 11.9. The molecule has 2 aromatic carbocycles. The van der Waals surface area contributed by atoms with Gasteiger partial charge in [-0.3, -0.25) is 9.00 Å². The summed E-state index contributed by atoms with van der Waals surface area (Å²) in [5, 5.41) is 2.78. The van der Waals surface area contributed by atoms with Crippen molar-refractivity contribution >= 4 is 39.7 Å². The lowest BCUT2D eigenvalue weighted by atomic mass is 10.3. The molecule has 4 nitrogen and oxygen atoms in total. The fourth-order valence-electron chi connectivity index (χ4n) is 1.69. The van der Waals surface area contributed by atoms with Gasteiger partial charge in [0, 0.05) is 11.4 Å². The number of nitrogens with two attached hydrogens (primary N) is 1. The number of hydrogen-bond donors (Lipinski definition) is 2. The first kappa shape index (κ1) is 15.5. The molecule has 2 rings (SSSR count). The third-order valence-electron chi connectivity index (χ3n) is 2.62. The number of carbonyl (C=O) groups is 1. The SMILES string of the molecule is Nc1cccc(Cl)c1S(=O)CC(=O)Nc1ccc(F)cc1. The average Bonchev–Trinajstić information content (AvgIpc) is 2.41. The first-order chi connectivity index (χ1) is 9.97. The van der Waals surface area contributed by atoms with Gasteiger partial charge in [-0.1, -0.05) is 17.7 Å². The molecule has 1 amide bonds. The number of nitrogen functional groups attached to an aromatic ring is 1. The third kappa shape index (κ3) is 4.03. The van der Waals surface area contributed by atoms with Crippen molar-refractivity contribution in [2.45, 2.75) is 4.90 Å². The minimum Gasteiger partial charge on any atom is -0.398 e. The van der Waals surface area contributed by atoms with Crippen LogP contribution in [0.25, 0.3) is 0 Å². The molecule has 0 aliphatic rings. The zero-order chi connectivity index (χ0) is 15.4. The van der Waals surface area contributed by atoms with E-state index in [9.17, 15) is 13.4 Å². The summed E-state index contributed by atoms with van der Waals surface area (Å²) in [7, 11) is -1.66. The zero-order valence-electron chi connectivity index (χ0n) is 10.8. The highest BCUT2D eigenvalue weighted by atomic mass is 35.5. The van der Waals surface area contributed by atoms with E-state index in [1.165, 1.54) is 24.3 Å². The van der Waals surface area contributed by atoms with E-state index in [1.54, 1.807) is 18.2 Å². The second kappa shape index (κ2) is 6.69. The van der Waals surface area contributed by atoms with Crippen molar-refractivity contribution in [1.82, 2.24) is 0 Å². The molecule has 0 aromatic heterocycles. The molecular formula is C14H12ClFN2O2S. The number of hydrogen-bond acceptors (Lipinski definition) is 3. The van der Waals surface area contributed by atoms with E-state index in [2.05, 4.69) is 5.32 Å². The second-order valence-corrected chi connectivity index (χ2v) is 6.00. The number of nitrogens with one attached hydrogen (secondary N) is 1. The Morgan fingerprint density at radius 3 is 2.52 bits per heavy atom. The van der Waals surface area contributed by atoms with Gasteiger partial charge in [0.25, 0.3) is 0 Å². The average molecular weight is 327 g/mol. The summed E-state index contributed by atoms with van der Waals surface area (Å²) >= 11 is 5.94. The van der Waals surface area contributed by atoms with E-state index < -0.39 is 22.5 Å². The predicted octanol–water partition coefficient (Wildman–Crippen LogP) is 2.81. The standard InChI is InChI=1S/C14H12ClFN2O2S/c15-11-2-1-3-12(17)14(11)21(20)8-13(19)18-10-6-4-9(16)5-7-10/h1-7H,8,17H2,(H,18,19). The predicted molar refractivity (Wildman–Crippen MR) is 82.2 cm³/mol. The molecule has 0 aliphatic carbocycles. The maximum atomic E-state index is 12.8. The highest BCUT2D eigenvalue weighted by Gasteiger charge is 2.16. The van der Waals surface area contributed by atoms with Crippen molar-refractivity contribution in [2.24, 2.45) is 0 Å². The molecular weight excluding hydrogens is 315 g/mol. The molecule has 21 heavy (non-hydrogen) atoms. The summed E-state index contributed by atoms with van der Waals surface area (Å²) in [6.45, 7) is 0. The van der Waals surface area contributed by atoms with Crippen molar-refractivity contribution in [3.8, 4) is 0 Å². The molecule has 0 saturated carbocycles. The van der Waals surface area contributed by atoms with E-state index in [0.717, 1.165) is 0 Å². The molecule has 110 valence electrons. The van der Waals surface area contributed by atoms with Gasteiger partial charge in [-0.05, 0) is 36.4 Å². The van der Waals surface area contributed by atoms with Crippen LogP contribution in [-0.2, 0) is 15.6 Å². The number of amides is 1. The van der Waals surface area contributed by atoms with Crippen LogP contribution in [0.4, 0.5) is 15.8 Å². The Morgan fingerprint density at radius 2 is 1.90 bits per heavy atom. The van der Waals surface area contributed by atoms with Crippen LogP contribution in [-0.4, -0.2) is 15.9 Å². The Kier molecular flexibility index (Phi) is 4.93. The van der Waals surface area contributed by atoms with Crippen LogP contribution in [0.15, 0.2) is 47.4 Å². The van der Waals surface area contributed by atoms with Crippen molar-refractivity contribution < 1.29 is 13.4 Å². The van der Waals surface area contributed by atoms with Crippen molar-refractivity contribution in [3.05, 3.63) is 53.3 Å². The van der Waals surface area contributed by atoms with E-state index in [1.807, 2.05) is 0 Å². The Hall–Kier alpha value is -1.92. The van der Waals surface area contributed by atoms with Gasteiger partial charge >= 0.3 is 0 Å². The monoisotopic (exact) mass is 326 g/mol. The molecule has 0 heterocycles. The van der Waals surface area contributed by atoms with Gasteiger partial charge in [-0.2, -0.15) is 0 Å². The molecule has 0 bridgehead atoms. The molecule has 7 heteroatoms. The quantitative estimate of drug-likeness (QED) is 0.849. The van der Waals surface area contributed by atoms with Crippen molar-refractivity contribution in [3.63, 3.8) is 0 Å². The largest absolute Gasteiger partial charge is 0.398 e. The molecule has 0 saturated heterocycles. The summed E-state index contributed by atoms with van der Waals surface area (Å²) < 4.78 is 24.9. The minimum atomic E-state index is -1.66. The molecule has 1 atom stereocenters. The van der Waals surface area contributed by atoms with Gasteiger partial charge < -0.3 is 11.1 Å². The number of carbonyl (C=O) groups excluding carboxylic acids is 1. The number of benzene rings is 2. The smallest absolute Gasteiger partial charge is 0.237 e. The fraction of sp³-hybridized carbons (Fsp3) is 0.0714. The Morgan fingerprint density at radius 1 is 1.24 bits per heavy atom. The Bertz CT molecular complexity index is 672. The number of halogens is 2. The van der Waals surface area contributed by atoms with E-state index in [4.69, 9.17) is 17.3 Å². The van der Waals surface area contributed by atoms with Gasteiger partial charge in [0.2, 0.25) is 5.91 Å². The molecule has 1 unspecified atom stereocenters. The Balaban J connectivity index is 2.06. The first-order valence-electron chi connectivity index (χ1n) is 5.95. The third-order valence-corrected chi connectivity index (χ3v) is 4.48. The zero-order valence-corrected chi connectivity index (χ0v) is 12.4. The van der Waals surface area contributed by atoms with Crippen molar-refractivity contribution in [2.75, 3.05) is 16.8 Å². The molecule has 0 spiro atoms. The van der Waals surface area contributed by atoms with Gasteiger partial charge in [0.1, 0.15) is 11.6 Å². The van der Waals surface area contributed by atoms with Crippen molar-refractivity contribution in [1.29, 1.82) is 0 Å². The molecule has 0 radical (unpaired) electrons. The molecule has 0 aliphatic heterocycles. The van der Waals surface area contributed by atoms with Gasteiger partial charge in [-0.25, -0.2) is 4.39 Å². The van der Waals surface area contributed by atoms with Crippen LogP contribution in [0.2, 0.25) is 5.02 Å². The van der Waals surface area contributed by atoms with E-state index in [0.29, 0.717) is 5.69 Å². The van der Waals surface area contributed by atoms with Crippen LogP contribution in [0.1, 0.15) is 0 Å². The fourth-order valence-corrected chi connectivity index (χ4v) is 3.20. The summed E-state index contributed by atoms with van der Waals surface area (Å²) in [5.74, 6) is -1.16. The maximum absolute atomic E-state index is 12.8. The van der Waals surface area contributed by atoms with Crippen LogP contribution in [0, 0.1) is 5.82 Å². The van der Waals surface area contributed by atoms with Crippen LogP contribution >= 0.6 is 11.6 Å². The van der Waals surface area contributed by atoms with E-state index >= 15 is 0 Å². The molecule has 3 N–H and O–H groups in total. The highest BCUT2D eigenvalue weighted by molar-refractivity contribution is 7.86. The molecule has 0 fully saturated rings. The number of anilines is 2. The van der Waals surface area contributed by atoms with Gasteiger partial charge in [-0.15, -0.1) is 0 Å². The summed E-state index contributed by atoms with van der Waals surface area (Å²) in [4.78, 5) is 12.1. The van der Waals surface area contributed by atoms with Crippen LogP contribution in [0.3, 0.4) is 0 Å². The summed E-state index contributed by atoms with van der Waals surface area (Å²) in [5.41, 5.74) is 6.41. The summed E-state index contributed by atoms with van der Waals surface area (Å²) in [6, 6.07) is 10.0. The maximum Gasteiger partial charge on any atom is 0.237 e. The summed E-state index contributed by atoms with van der Waals surface area (Å²) in [6.07, 6.45) is 0. The Labute approximate surface area is 128 Å². The number of rotatable bonds is 4. The van der Waals surface area contributed by atoms with E-state index in [-0.39, 0.29) is 21.4 Å². The minimum absolute atomic E-state index is 0.244. The topological polar surface area (TPSA) is 72.2 Å². The molecule has 2 aromatic rings. The van der Waals surface area contributed by atoms with Crippen LogP contribution in [0.5, 0.6) is 0 Å². The second-order valence-electron chi connectivity index (χ2n) is 4.20.